The van der Waals surface area contributed by atoms with Gasteiger partial charge in [-0.15, -0.1) is 0 Å². The summed E-state index contributed by atoms with van der Waals surface area (Å²) in [5, 5.41) is 16.3. The van der Waals surface area contributed by atoms with Gasteiger partial charge in [-0.2, -0.15) is 10.4 Å². The molecule has 0 radical (unpaired) electrons. The third-order valence-electron chi connectivity index (χ3n) is 2.97. The number of hydrogen-bond donors (Lipinski definition) is 1. The molecule has 0 bridgehead atoms. The van der Waals surface area contributed by atoms with Crippen LogP contribution in [0.1, 0.15) is 11.3 Å². The van der Waals surface area contributed by atoms with E-state index in [1.807, 2.05) is 42.6 Å². The van der Waals surface area contributed by atoms with E-state index in [1.54, 1.807) is 17.1 Å². The molecule has 0 saturated heterocycles. The van der Waals surface area contributed by atoms with Gasteiger partial charge in [0.25, 0.3) is 0 Å². The number of anilines is 1. The first-order chi connectivity index (χ1) is 10.4. The van der Waals surface area contributed by atoms with Crippen LogP contribution in [0.5, 0.6) is 0 Å². The normalized spacial score (nSPS) is 10.0. The van der Waals surface area contributed by atoms with Crippen LogP contribution in [0.2, 0.25) is 0 Å². The highest BCUT2D eigenvalue weighted by Gasteiger charge is 2.03. The van der Waals surface area contributed by atoms with Crippen LogP contribution in [0.3, 0.4) is 0 Å². The molecular formula is C15H12N6. The molecule has 102 valence electrons. The van der Waals surface area contributed by atoms with Crippen molar-refractivity contribution in [3.63, 3.8) is 0 Å². The zero-order chi connectivity index (χ0) is 14.5. The van der Waals surface area contributed by atoms with Gasteiger partial charge in [-0.25, -0.2) is 14.6 Å². The number of nitrogens with zero attached hydrogens (tertiary/aromatic N) is 5. The molecule has 3 aromatic rings. The van der Waals surface area contributed by atoms with Crippen molar-refractivity contribution < 1.29 is 0 Å². The van der Waals surface area contributed by atoms with E-state index in [9.17, 15) is 0 Å². The van der Waals surface area contributed by atoms with Crippen molar-refractivity contribution in [2.75, 3.05) is 5.32 Å². The molecule has 0 fully saturated rings. The molecule has 21 heavy (non-hydrogen) atoms. The minimum Gasteiger partial charge on any atom is -0.364 e. The highest BCUT2D eigenvalue weighted by molar-refractivity contribution is 5.47. The van der Waals surface area contributed by atoms with Gasteiger partial charge in [-0.1, -0.05) is 12.1 Å². The fourth-order valence-electron chi connectivity index (χ4n) is 1.92. The molecule has 3 rings (SSSR count). The smallest absolute Gasteiger partial charge is 0.182 e. The van der Waals surface area contributed by atoms with Crippen molar-refractivity contribution in [1.82, 2.24) is 19.7 Å². The van der Waals surface area contributed by atoms with Crippen LogP contribution in [-0.4, -0.2) is 19.7 Å². The molecule has 0 atom stereocenters. The number of nitrogens with one attached hydrogen (secondary N) is 1. The predicted molar refractivity (Wildman–Crippen MR) is 77.6 cm³/mol. The second kappa shape index (κ2) is 5.84. The Morgan fingerprint density at radius 3 is 2.62 bits per heavy atom. The topological polar surface area (TPSA) is 79.4 Å². The van der Waals surface area contributed by atoms with E-state index in [4.69, 9.17) is 5.26 Å². The number of rotatable bonds is 4. The standard InChI is InChI=1S/C15H12N6/c16-10-14-15(18-8-7-17-14)19-11-12-2-4-13(5-3-12)21-9-1-6-20-21/h1-9H,11H2,(H,18,19). The van der Waals surface area contributed by atoms with Gasteiger partial charge in [-0.05, 0) is 23.8 Å². The summed E-state index contributed by atoms with van der Waals surface area (Å²) >= 11 is 0. The lowest BCUT2D eigenvalue weighted by Crippen LogP contribution is -2.04. The summed E-state index contributed by atoms with van der Waals surface area (Å²) < 4.78 is 1.80. The zero-order valence-electron chi connectivity index (χ0n) is 11.1. The Morgan fingerprint density at radius 1 is 1.10 bits per heavy atom. The summed E-state index contributed by atoms with van der Waals surface area (Å²) in [4.78, 5) is 8.07. The second-order valence-electron chi connectivity index (χ2n) is 4.34. The number of hydrogen-bond acceptors (Lipinski definition) is 5. The van der Waals surface area contributed by atoms with Crippen molar-refractivity contribution in [2.24, 2.45) is 0 Å². The largest absolute Gasteiger partial charge is 0.364 e. The van der Waals surface area contributed by atoms with Crippen molar-refractivity contribution in [1.29, 1.82) is 5.26 Å². The van der Waals surface area contributed by atoms with Crippen molar-refractivity contribution in [2.45, 2.75) is 6.54 Å². The van der Waals surface area contributed by atoms with Gasteiger partial charge in [0, 0.05) is 31.3 Å². The molecule has 0 aliphatic rings. The van der Waals surface area contributed by atoms with Crippen molar-refractivity contribution in [3.05, 3.63) is 66.4 Å². The highest BCUT2D eigenvalue weighted by Crippen LogP contribution is 2.12. The van der Waals surface area contributed by atoms with E-state index < -0.39 is 0 Å². The van der Waals surface area contributed by atoms with E-state index >= 15 is 0 Å². The highest BCUT2D eigenvalue weighted by atomic mass is 15.3. The van der Waals surface area contributed by atoms with E-state index in [-0.39, 0.29) is 0 Å². The molecule has 2 aromatic heterocycles. The van der Waals surface area contributed by atoms with E-state index in [0.717, 1.165) is 11.3 Å². The Hall–Kier alpha value is -3.20. The average Bonchev–Trinajstić information content (AvgIpc) is 3.08. The summed E-state index contributed by atoms with van der Waals surface area (Å²) in [7, 11) is 0. The van der Waals surface area contributed by atoms with Gasteiger partial charge in [0.05, 0.1) is 5.69 Å². The monoisotopic (exact) mass is 276 g/mol. The molecule has 0 aliphatic heterocycles. The molecule has 1 aromatic carbocycles. The van der Waals surface area contributed by atoms with Crippen molar-refractivity contribution >= 4 is 5.82 Å². The molecule has 0 aliphatic carbocycles. The molecule has 0 unspecified atom stereocenters. The quantitative estimate of drug-likeness (QED) is 0.789. The lowest BCUT2D eigenvalue weighted by atomic mass is 10.2. The van der Waals surface area contributed by atoms with Crippen LogP contribution in [-0.2, 0) is 6.54 Å². The first-order valence-electron chi connectivity index (χ1n) is 6.41. The van der Waals surface area contributed by atoms with Crippen LogP contribution < -0.4 is 5.32 Å². The van der Waals surface area contributed by atoms with Crippen molar-refractivity contribution in [3.8, 4) is 11.8 Å². The van der Waals surface area contributed by atoms with Gasteiger partial charge < -0.3 is 5.32 Å². The fraction of sp³-hybridized carbons (Fsp3) is 0.0667. The lowest BCUT2D eigenvalue weighted by Gasteiger charge is -2.07. The minimum absolute atomic E-state index is 0.297. The molecule has 2 heterocycles. The summed E-state index contributed by atoms with van der Waals surface area (Å²) in [6.07, 6.45) is 6.70. The SMILES string of the molecule is N#Cc1nccnc1NCc1ccc(-n2cccn2)cc1. The zero-order valence-corrected chi connectivity index (χ0v) is 11.1. The van der Waals surface area contributed by atoms with Crippen LogP contribution in [0, 0.1) is 11.3 Å². The Kier molecular flexibility index (Phi) is 3.56. The third-order valence-corrected chi connectivity index (χ3v) is 2.97. The average molecular weight is 276 g/mol. The molecule has 0 amide bonds. The van der Waals surface area contributed by atoms with Gasteiger partial charge >= 0.3 is 0 Å². The molecular weight excluding hydrogens is 264 g/mol. The molecule has 1 N–H and O–H groups in total. The number of nitriles is 1. The van der Waals surface area contributed by atoms with Gasteiger partial charge in [0.2, 0.25) is 0 Å². The van der Waals surface area contributed by atoms with Gasteiger partial charge in [0.15, 0.2) is 11.5 Å². The first-order valence-corrected chi connectivity index (χ1v) is 6.41. The van der Waals surface area contributed by atoms with E-state index in [0.29, 0.717) is 18.1 Å². The maximum absolute atomic E-state index is 8.96. The summed E-state index contributed by atoms with van der Waals surface area (Å²) in [5.41, 5.74) is 2.38. The minimum atomic E-state index is 0.297. The summed E-state index contributed by atoms with van der Waals surface area (Å²) in [6, 6.07) is 11.9. The Balaban J connectivity index is 1.70. The predicted octanol–water partition coefficient (Wildman–Crippen LogP) is 2.15. The van der Waals surface area contributed by atoms with Gasteiger partial charge in [-0.3, -0.25) is 0 Å². The fourth-order valence-corrected chi connectivity index (χ4v) is 1.92. The molecule has 6 heteroatoms. The third kappa shape index (κ3) is 2.87. The van der Waals surface area contributed by atoms with E-state index in [1.165, 1.54) is 6.20 Å². The number of benzene rings is 1. The van der Waals surface area contributed by atoms with Gasteiger partial charge in [0.1, 0.15) is 6.07 Å². The second-order valence-corrected chi connectivity index (χ2v) is 4.34. The Labute approximate surface area is 121 Å². The Morgan fingerprint density at radius 2 is 1.90 bits per heavy atom. The maximum atomic E-state index is 8.96. The Bertz CT molecular complexity index is 756. The maximum Gasteiger partial charge on any atom is 0.182 e. The molecule has 0 spiro atoms. The van der Waals surface area contributed by atoms with Crippen LogP contribution in [0.15, 0.2) is 55.1 Å². The van der Waals surface area contributed by atoms with Crippen LogP contribution in [0.25, 0.3) is 5.69 Å². The van der Waals surface area contributed by atoms with Crippen LogP contribution in [0.4, 0.5) is 5.82 Å². The summed E-state index contributed by atoms with van der Waals surface area (Å²) in [6.45, 7) is 0.576. The molecule has 6 nitrogen and oxygen atoms in total. The lowest BCUT2D eigenvalue weighted by molar-refractivity contribution is 0.879. The van der Waals surface area contributed by atoms with Crippen LogP contribution >= 0.6 is 0 Å². The van der Waals surface area contributed by atoms with E-state index in [2.05, 4.69) is 20.4 Å². The number of aromatic nitrogens is 4. The summed E-state index contributed by atoms with van der Waals surface area (Å²) in [5.74, 6) is 0.496. The molecule has 0 saturated carbocycles. The first kappa shape index (κ1) is 12.8.